The third kappa shape index (κ3) is 2.40. The third-order valence-corrected chi connectivity index (χ3v) is 6.76. The van der Waals surface area contributed by atoms with Gasteiger partial charge in [0.2, 0.25) is 0 Å². The molecule has 4 saturated carbocycles. The lowest BCUT2D eigenvalue weighted by Crippen LogP contribution is -2.48. The second kappa shape index (κ2) is 5.21. The van der Waals surface area contributed by atoms with E-state index in [0.29, 0.717) is 5.38 Å². The molecule has 20 heavy (non-hydrogen) atoms. The molecule has 0 aromatic heterocycles. The maximum atomic E-state index is 6.87. The number of alkyl halides is 1. The van der Waals surface area contributed by atoms with E-state index in [2.05, 4.69) is 12.1 Å². The van der Waals surface area contributed by atoms with Gasteiger partial charge >= 0.3 is 0 Å². The van der Waals surface area contributed by atoms with Crippen molar-refractivity contribution < 1.29 is 0 Å². The maximum absolute atomic E-state index is 6.87. The van der Waals surface area contributed by atoms with Crippen LogP contribution in [0.3, 0.4) is 0 Å². The Morgan fingerprint density at radius 2 is 1.45 bits per heavy atom. The van der Waals surface area contributed by atoms with E-state index in [9.17, 15) is 0 Å². The minimum Gasteiger partial charge on any atom is -0.122 e. The normalized spacial score (nSPS) is 40.0. The lowest BCUT2D eigenvalue weighted by Gasteiger charge is -2.55. The van der Waals surface area contributed by atoms with Crippen molar-refractivity contribution in [2.75, 3.05) is 0 Å². The van der Waals surface area contributed by atoms with Gasteiger partial charge in [0.15, 0.2) is 0 Å². The molecular formula is C18H22Cl2. The highest BCUT2D eigenvalue weighted by Gasteiger charge is 2.50. The zero-order chi connectivity index (χ0) is 13.7. The molecule has 5 rings (SSSR count). The highest BCUT2D eigenvalue weighted by molar-refractivity contribution is 6.30. The molecule has 1 aromatic carbocycles. The zero-order valence-electron chi connectivity index (χ0n) is 11.8. The van der Waals surface area contributed by atoms with Gasteiger partial charge in [-0.25, -0.2) is 0 Å². The highest BCUT2D eigenvalue weighted by Crippen LogP contribution is 2.58. The molecule has 0 N–H and O–H groups in total. The summed E-state index contributed by atoms with van der Waals surface area (Å²) in [5, 5.41) is 1.13. The van der Waals surface area contributed by atoms with Crippen LogP contribution in [0.4, 0.5) is 0 Å². The van der Waals surface area contributed by atoms with E-state index in [-0.39, 0.29) is 0 Å². The quantitative estimate of drug-likeness (QED) is 0.641. The Balaban J connectivity index is 1.48. The fourth-order valence-electron chi connectivity index (χ4n) is 5.54. The lowest BCUT2D eigenvalue weighted by atomic mass is 9.51. The van der Waals surface area contributed by atoms with Crippen molar-refractivity contribution in [3.63, 3.8) is 0 Å². The minimum atomic E-state index is 0.311. The first-order chi connectivity index (χ1) is 9.69. The van der Waals surface area contributed by atoms with Crippen molar-refractivity contribution in [2.24, 2.45) is 29.6 Å². The molecule has 4 aliphatic rings. The summed E-state index contributed by atoms with van der Waals surface area (Å²) < 4.78 is 0. The first kappa shape index (κ1) is 13.5. The zero-order valence-corrected chi connectivity index (χ0v) is 13.3. The SMILES string of the molecule is Clc1ccc(CC(Cl)C2C3CC4CC(C3)CC2C4)cc1. The van der Waals surface area contributed by atoms with E-state index < -0.39 is 0 Å². The van der Waals surface area contributed by atoms with Crippen LogP contribution in [-0.4, -0.2) is 5.38 Å². The van der Waals surface area contributed by atoms with Gasteiger partial charge in [-0.1, -0.05) is 23.7 Å². The van der Waals surface area contributed by atoms with Crippen LogP contribution in [0.15, 0.2) is 24.3 Å². The molecule has 0 nitrogen and oxygen atoms in total. The molecule has 1 atom stereocenters. The Bertz CT molecular complexity index is 451. The molecule has 0 radical (unpaired) electrons. The first-order valence-electron chi connectivity index (χ1n) is 8.07. The summed E-state index contributed by atoms with van der Waals surface area (Å²) >= 11 is 12.8. The number of halogens is 2. The van der Waals surface area contributed by atoms with Crippen molar-refractivity contribution in [1.29, 1.82) is 0 Å². The van der Waals surface area contributed by atoms with E-state index >= 15 is 0 Å². The molecule has 4 bridgehead atoms. The Morgan fingerprint density at radius 1 is 0.900 bits per heavy atom. The smallest absolute Gasteiger partial charge is 0.0409 e. The Labute approximate surface area is 131 Å². The maximum Gasteiger partial charge on any atom is 0.0409 e. The number of hydrogen-bond donors (Lipinski definition) is 0. The van der Waals surface area contributed by atoms with Gasteiger partial charge in [-0.3, -0.25) is 0 Å². The predicted molar refractivity (Wildman–Crippen MR) is 85.3 cm³/mol. The third-order valence-electron chi connectivity index (χ3n) is 6.06. The Hall–Kier alpha value is -0.200. The second-order valence-corrected chi connectivity index (χ2v) is 8.35. The fraction of sp³-hybridized carbons (Fsp3) is 0.667. The van der Waals surface area contributed by atoms with Gasteiger partial charge in [-0.15, -0.1) is 11.6 Å². The van der Waals surface area contributed by atoms with E-state index in [1.165, 1.54) is 37.7 Å². The standard InChI is InChI=1S/C18H22Cl2/c19-16-3-1-11(2-4-16)10-17(20)18-14-6-12-5-13(8-14)9-15(18)7-12/h1-4,12-15,17-18H,5-10H2. The van der Waals surface area contributed by atoms with Crippen molar-refractivity contribution in [2.45, 2.75) is 43.9 Å². The van der Waals surface area contributed by atoms with Crippen LogP contribution < -0.4 is 0 Å². The van der Waals surface area contributed by atoms with Crippen LogP contribution in [-0.2, 0) is 6.42 Å². The summed E-state index contributed by atoms with van der Waals surface area (Å²) in [5.41, 5.74) is 1.34. The van der Waals surface area contributed by atoms with Crippen LogP contribution in [0, 0.1) is 29.6 Å². The molecule has 0 heterocycles. The number of rotatable bonds is 3. The molecule has 0 amide bonds. The summed E-state index contributed by atoms with van der Waals surface area (Å²) in [6.45, 7) is 0. The summed E-state index contributed by atoms with van der Waals surface area (Å²) in [4.78, 5) is 0. The van der Waals surface area contributed by atoms with Gasteiger partial charge in [-0.05, 0) is 85.8 Å². The predicted octanol–water partition coefficient (Wildman–Crippen LogP) is 5.56. The molecule has 0 spiro atoms. The molecule has 0 saturated heterocycles. The second-order valence-electron chi connectivity index (χ2n) is 7.35. The summed E-state index contributed by atoms with van der Waals surface area (Å²) in [7, 11) is 0. The summed E-state index contributed by atoms with van der Waals surface area (Å²) in [6.07, 6.45) is 8.36. The molecular weight excluding hydrogens is 287 g/mol. The van der Waals surface area contributed by atoms with Crippen LogP contribution in [0.5, 0.6) is 0 Å². The molecule has 4 fully saturated rings. The van der Waals surface area contributed by atoms with Crippen LogP contribution in [0.25, 0.3) is 0 Å². The number of hydrogen-bond acceptors (Lipinski definition) is 0. The van der Waals surface area contributed by atoms with Crippen LogP contribution in [0.1, 0.15) is 37.7 Å². The lowest BCUT2D eigenvalue weighted by molar-refractivity contribution is -0.0376. The van der Waals surface area contributed by atoms with Gasteiger partial charge in [-0.2, -0.15) is 0 Å². The molecule has 108 valence electrons. The van der Waals surface area contributed by atoms with Crippen LogP contribution >= 0.6 is 23.2 Å². The van der Waals surface area contributed by atoms with Gasteiger partial charge in [0.05, 0.1) is 0 Å². The van der Waals surface area contributed by atoms with Crippen molar-refractivity contribution >= 4 is 23.2 Å². The molecule has 1 unspecified atom stereocenters. The largest absolute Gasteiger partial charge is 0.122 e. The van der Waals surface area contributed by atoms with Gasteiger partial charge in [0.25, 0.3) is 0 Å². The molecule has 0 aliphatic heterocycles. The molecule has 1 aromatic rings. The van der Waals surface area contributed by atoms with E-state index in [1.54, 1.807) is 0 Å². The molecule has 2 heteroatoms. The van der Waals surface area contributed by atoms with E-state index in [0.717, 1.165) is 41.0 Å². The van der Waals surface area contributed by atoms with E-state index in [1.807, 2.05) is 12.1 Å². The van der Waals surface area contributed by atoms with Crippen molar-refractivity contribution in [3.05, 3.63) is 34.9 Å². The molecule has 4 aliphatic carbocycles. The van der Waals surface area contributed by atoms with Gasteiger partial charge < -0.3 is 0 Å². The fourth-order valence-corrected chi connectivity index (χ4v) is 6.26. The highest BCUT2D eigenvalue weighted by atomic mass is 35.5. The minimum absolute atomic E-state index is 0.311. The Morgan fingerprint density at radius 3 is 2.00 bits per heavy atom. The van der Waals surface area contributed by atoms with Crippen LogP contribution in [0.2, 0.25) is 5.02 Å². The number of benzene rings is 1. The average molecular weight is 309 g/mol. The van der Waals surface area contributed by atoms with Crippen molar-refractivity contribution in [1.82, 2.24) is 0 Å². The summed E-state index contributed by atoms with van der Waals surface area (Å²) in [6, 6.07) is 8.23. The first-order valence-corrected chi connectivity index (χ1v) is 8.89. The topological polar surface area (TPSA) is 0 Å². The average Bonchev–Trinajstić information content (AvgIpc) is 2.40. The van der Waals surface area contributed by atoms with Gasteiger partial charge in [0, 0.05) is 10.4 Å². The van der Waals surface area contributed by atoms with E-state index in [4.69, 9.17) is 23.2 Å². The summed E-state index contributed by atoms with van der Waals surface area (Å²) in [5.74, 6) is 4.67. The van der Waals surface area contributed by atoms with Crippen molar-refractivity contribution in [3.8, 4) is 0 Å². The monoisotopic (exact) mass is 308 g/mol. The Kier molecular flexibility index (Phi) is 3.51. The van der Waals surface area contributed by atoms with Gasteiger partial charge in [0.1, 0.15) is 0 Å².